The van der Waals surface area contributed by atoms with Crippen LogP contribution in [0.2, 0.25) is 0 Å². The molecular weight excluding hydrogens is 256 g/mol. The first-order valence-corrected chi connectivity index (χ1v) is 5.10. The van der Waals surface area contributed by atoms with Gasteiger partial charge in [0.25, 0.3) is 0 Å². The van der Waals surface area contributed by atoms with Gasteiger partial charge in [0.05, 0.1) is 0 Å². The van der Waals surface area contributed by atoms with Gasteiger partial charge in [-0.1, -0.05) is 0 Å². The number of anilines is 3. The van der Waals surface area contributed by atoms with E-state index in [0.717, 1.165) is 0 Å². The van der Waals surface area contributed by atoms with E-state index in [1.807, 2.05) is 0 Å². The molecule has 12 nitrogen and oxygen atoms in total. The summed E-state index contributed by atoms with van der Waals surface area (Å²) < 4.78 is 0. The van der Waals surface area contributed by atoms with E-state index in [1.54, 1.807) is 0 Å². The highest BCUT2D eigenvalue weighted by Gasteiger charge is 2.38. The van der Waals surface area contributed by atoms with Crippen molar-refractivity contribution in [3.63, 3.8) is 0 Å². The van der Waals surface area contributed by atoms with Crippen LogP contribution in [0.15, 0.2) is 0 Å². The third kappa shape index (κ3) is 2.99. The Balaban J connectivity index is 0.000000141. The summed E-state index contributed by atoms with van der Waals surface area (Å²) in [5, 5.41) is 10.0. The number of carbonyl (C=O) groups excluding carboxylic acids is 2. The molecule has 0 atom stereocenters. The molecule has 2 fully saturated rings. The third-order valence-corrected chi connectivity index (χ3v) is 2.17. The lowest BCUT2D eigenvalue weighted by Gasteiger charge is -2.02. The average Bonchev–Trinajstić information content (AvgIpc) is 2.71. The molecule has 102 valence electrons. The zero-order valence-corrected chi connectivity index (χ0v) is 9.54. The highest BCUT2D eigenvalue weighted by atomic mass is 16.2. The second-order valence-corrected chi connectivity index (χ2v) is 3.60. The van der Waals surface area contributed by atoms with Gasteiger partial charge < -0.3 is 38.5 Å². The maximum atomic E-state index is 10.5. The molecule has 1 aromatic heterocycles. The topological polar surface area (TPSA) is 199 Å². The molecule has 0 aromatic carbocycles. The fourth-order valence-corrected chi connectivity index (χ4v) is 1.48. The van der Waals surface area contributed by atoms with E-state index in [2.05, 4.69) is 36.2 Å². The first kappa shape index (κ1) is 12.4. The standard InChI is InChI=1S/C4H6N4O2.C3H6N6/c9-3-5-1-2(7-3)8-4(10)6-1;4-1-7-2(5)9-3(6)8-1/h1-2H,(H2,5,7,9)(H2,6,8,10);(H6,4,5,6,7,8,9). The summed E-state index contributed by atoms with van der Waals surface area (Å²) in [7, 11) is 0. The first-order chi connectivity index (χ1) is 8.94. The Bertz CT molecular complexity index is 430. The molecule has 3 heterocycles. The molecule has 2 aliphatic rings. The van der Waals surface area contributed by atoms with E-state index in [1.165, 1.54) is 0 Å². The van der Waals surface area contributed by atoms with E-state index < -0.39 is 0 Å². The number of nitrogen functional groups attached to an aromatic ring is 3. The van der Waals surface area contributed by atoms with Crippen LogP contribution < -0.4 is 38.5 Å². The van der Waals surface area contributed by atoms with Crippen molar-refractivity contribution >= 4 is 29.9 Å². The number of carbonyl (C=O) groups is 2. The fraction of sp³-hybridized carbons (Fsp3) is 0.286. The van der Waals surface area contributed by atoms with Crippen LogP contribution in [0.4, 0.5) is 27.4 Å². The van der Waals surface area contributed by atoms with Gasteiger partial charge in [-0.25, -0.2) is 9.59 Å². The number of nitrogens with two attached hydrogens (primary N) is 3. The molecular formula is C7H12N10O2. The Morgan fingerprint density at radius 1 is 0.684 bits per heavy atom. The van der Waals surface area contributed by atoms with E-state index in [0.29, 0.717) is 0 Å². The second-order valence-electron chi connectivity index (χ2n) is 3.60. The van der Waals surface area contributed by atoms with Gasteiger partial charge in [-0.05, 0) is 0 Å². The number of nitrogens with one attached hydrogen (secondary N) is 4. The zero-order valence-electron chi connectivity index (χ0n) is 9.54. The molecule has 0 spiro atoms. The molecule has 0 unspecified atom stereocenters. The smallest absolute Gasteiger partial charge is 0.318 e. The number of rotatable bonds is 0. The summed E-state index contributed by atoms with van der Waals surface area (Å²) in [5.74, 6) is 0.125. The Hall–Kier alpha value is -3.05. The van der Waals surface area contributed by atoms with Gasteiger partial charge in [-0.3, -0.25) is 0 Å². The Labute approximate surface area is 106 Å². The number of nitrogens with zero attached hydrogens (tertiary/aromatic N) is 3. The molecule has 3 rings (SSSR count). The fourth-order valence-electron chi connectivity index (χ4n) is 1.48. The summed E-state index contributed by atoms with van der Waals surface area (Å²) in [4.78, 5) is 31.6. The summed E-state index contributed by atoms with van der Waals surface area (Å²) in [6.07, 6.45) is -0.583. The van der Waals surface area contributed by atoms with Crippen molar-refractivity contribution in [1.82, 2.24) is 36.2 Å². The Morgan fingerprint density at radius 2 is 0.947 bits per heavy atom. The van der Waals surface area contributed by atoms with Gasteiger partial charge in [-0.2, -0.15) is 15.0 Å². The van der Waals surface area contributed by atoms with Crippen LogP contribution in [0.5, 0.6) is 0 Å². The Morgan fingerprint density at radius 3 is 1.21 bits per heavy atom. The van der Waals surface area contributed by atoms with Crippen LogP contribution in [-0.2, 0) is 0 Å². The van der Waals surface area contributed by atoms with Gasteiger partial charge >= 0.3 is 12.1 Å². The lowest BCUT2D eigenvalue weighted by atomic mass is 10.4. The lowest BCUT2D eigenvalue weighted by molar-refractivity contribution is 0.239. The van der Waals surface area contributed by atoms with Crippen LogP contribution in [0.3, 0.4) is 0 Å². The van der Waals surface area contributed by atoms with Gasteiger partial charge in [0.2, 0.25) is 17.8 Å². The van der Waals surface area contributed by atoms with Gasteiger partial charge in [0, 0.05) is 0 Å². The van der Waals surface area contributed by atoms with E-state index in [9.17, 15) is 9.59 Å². The minimum absolute atomic E-state index is 0.0417. The average molecular weight is 268 g/mol. The van der Waals surface area contributed by atoms with Gasteiger partial charge in [0.1, 0.15) is 12.3 Å². The molecule has 0 aliphatic carbocycles. The zero-order chi connectivity index (χ0) is 14.0. The van der Waals surface area contributed by atoms with Crippen molar-refractivity contribution < 1.29 is 9.59 Å². The minimum atomic E-state index is -0.292. The number of hydrogen-bond acceptors (Lipinski definition) is 8. The number of urea groups is 2. The molecule has 10 N–H and O–H groups in total. The van der Waals surface area contributed by atoms with Crippen molar-refractivity contribution in [1.29, 1.82) is 0 Å². The molecule has 4 amide bonds. The van der Waals surface area contributed by atoms with Gasteiger partial charge in [0.15, 0.2) is 0 Å². The number of aromatic nitrogens is 3. The number of hydrogen-bond donors (Lipinski definition) is 7. The summed E-state index contributed by atoms with van der Waals surface area (Å²) in [5.41, 5.74) is 15.4. The highest BCUT2D eigenvalue weighted by Crippen LogP contribution is 2.00. The maximum Gasteiger partial charge on any atom is 0.318 e. The molecule has 12 heteroatoms. The summed E-state index contributed by atoms with van der Waals surface area (Å²) in [6.45, 7) is 0. The molecule has 0 radical (unpaired) electrons. The lowest BCUT2D eigenvalue weighted by Crippen LogP contribution is -2.39. The molecule has 0 saturated carbocycles. The monoisotopic (exact) mass is 268 g/mol. The normalized spacial score (nSPS) is 23.2. The van der Waals surface area contributed by atoms with Gasteiger partial charge in [-0.15, -0.1) is 0 Å². The van der Waals surface area contributed by atoms with Crippen LogP contribution in [0, 0.1) is 0 Å². The summed E-state index contributed by atoms with van der Waals surface area (Å²) in [6, 6.07) is -0.523. The maximum absolute atomic E-state index is 10.5. The van der Waals surface area contributed by atoms with E-state index in [4.69, 9.17) is 17.2 Å². The predicted octanol–water partition coefficient (Wildman–Crippen LogP) is -3.12. The van der Waals surface area contributed by atoms with Crippen molar-refractivity contribution in [3.05, 3.63) is 0 Å². The predicted molar refractivity (Wildman–Crippen MR) is 64.0 cm³/mol. The van der Waals surface area contributed by atoms with Crippen LogP contribution in [0.25, 0.3) is 0 Å². The van der Waals surface area contributed by atoms with E-state index >= 15 is 0 Å². The highest BCUT2D eigenvalue weighted by molar-refractivity contribution is 5.84. The largest absolute Gasteiger partial charge is 0.368 e. The quantitative estimate of drug-likeness (QED) is 0.256. The number of fused-ring (bicyclic) bond motifs is 1. The SMILES string of the molecule is Nc1nc(N)nc(N)n1.O=C1NC2NC(=O)NC2N1. The van der Waals surface area contributed by atoms with Crippen molar-refractivity contribution in [2.75, 3.05) is 17.2 Å². The summed E-state index contributed by atoms with van der Waals surface area (Å²) >= 11 is 0. The van der Waals surface area contributed by atoms with Crippen molar-refractivity contribution in [2.24, 2.45) is 0 Å². The molecule has 1 aromatic rings. The van der Waals surface area contributed by atoms with Crippen molar-refractivity contribution in [3.8, 4) is 0 Å². The third-order valence-electron chi connectivity index (χ3n) is 2.17. The van der Waals surface area contributed by atoms with Crippen LogP contribution in [0.1, 0.15) is 0 Å². The number of amides is 4. The molecule has 0 bridgehead atoms. The second kappa shape index (κ2) is 4.67. The van der Waals surface area contributed by atoms with Crippen molar-refractivity contribution in [2.45, 2.75) is 12.3 Å². The molecule has 2 aliphatic heterocycles. The minimum Gasteiger partial charge on any atom is -0.368 e. The van der Waals surface area contributed by atoms with E-state index in [-0.39, 0.29) is 42.2 Å². The Kier molecular flexibility index (Phi) is 3.05. The first-order valence-electron chi connectivity index (χ1n) is 5.10. The van der Waals surface area contributed by atoms with Crippen LogP contribution in [-0.4, -0.2) is 39.3 Å². The molecule has 19 heavy (non-hydrogen) atoms. The molecule has 2 saturated heterocycles. The van der Waals surface area contributed by atoms with Crippen LogP contribution >= 0.6 is 0 Å².